The van der Waals surface area contributed by atoms with Gasteiger partial charge in [0, 0.05) is 29.2 Å². The second-order valence-electron chi connectivity index (χ2n) is 3.97. The van der Waals surface area contributed by atoms with Gasteiger partial charge in [-0.15, -0.1) is 0 Å². The minimum absolute atomic E-state index is 0.125. The molecular formula is C13H15BrN2O. The zero-order valence-electron chi connectivity index (χ0n) is 9.94. The van der Waals surface area contributed by atoms with E-state index in [2.05, 4.69) is 20.9 Å². The summed E-state index contributed by atoms with van der Waals surface area (Å²) in [4.78, 5) is 4.60. The summed E-state index contributed by atoms with van der Waals surface area (Å²) in [6, 6.07) is 8.04. The Bertz CT molecular complexity index is 534. The lowest BCUT2D eigenvalue weighted by Gasteiger charge is -2.03. The van der Waals surface area contributed by atoms with Crippen molar-refractivity contribution in [3.63, 3.8) is 0 Å². The van der Waals surface area contributed by atoms with Gasteiger partial charge in [-0.05, 0) is 13.0 Å². The highest BCUT2D eigenvalue weighted by Crippen LogP contribution is 2.29. The van der Waals surface area contributed by atoms with Gasteiger partial charge < -0.3 is 9.67 Å². The third kappa shape index (κ3) is 2.28. The van der Waals surface area contributed by atoms with Crippen LogP contribution in [0.15, 0.2) is 28.7 Å². The van der Waals surface area contributed by atoms with Crippen LogP contribution in [0.5, 0.6) is 0 Å². The predicted octanol–water partition coefficient (Wildman–Crippen LogP) is 2.69. The van der Waals surface area contributed by atoms with E-state index in [9.17, 15) is 0 Å². The van der Waals surface area contributed by atoms with Crippen LogP contribution in [0.1, 0.15) is 11.5 Å². The van der Waals surface area contributed by atoms with Crippen LogP contribution >= 0.6 is 15.9 Å². The Morgan fingerprint density at radius 2 is 2.06 bits per heavy atom. The highest BCUT2D eigenvalue weighted by atomic mass is 79.9. The maximum absolute atomic E-state index is 9.01. The van der Waals surface area contributed by atoms with Gasteiger partial charge in [-0.25, -0.2) is 4.98 Å². The number of rotatable bonds is 3. The number of nitrogens with zero attached hydrogens (tertiary/aromatic N) is 2. The van der Waals surface area contributed by atoms with Crippen molar-refractivity contribution in [2.24, 2.45) is 7.05 Å². The molecule has 0 fully saturated rings. The van der Waals surface area contributed by atoms with Crippen LogP contribution < -0.4 is 0 Å². The van der Waals surface area contributed by atoms with Gasteiger partial charge in [-0.2, -0.15) is 0 Å². The van der Waals surface area contributed by atoms with Crippen molar-refractivity contribution in [1.29, 1.82) is 0 Å². The summed E-state index contributed by atoms with van der Waals surface area (Å²) in [6.07, 6.45) is 0.585. The molecule has 0 spiro atoms. The zero-order chi connectivity index (χ0) is 12.4. The molecule has 1 aromatic heterocycles. The Morgan fingerprint density at radius 3 is 2.71 bits per heavy atom. The molecule has 4 heteroatoms. The molecule has 0 aliphatic carbocycles. The largest absolute Gasteiger partial charge is 0.396 e. The lowest BCUT2D eigenvalue weighted by molar-refractivity contribution is 0.295. The van der Waals surface area contributed by atoms with Crippen LogP contribution in [0.2, 0.25) is 0 Å². The molecule has 0 radical (unpaired) electrons. The van der Waals surface area contributed by atoms with E-state index in [0.29, 0.717) is 6.42 Å². The maximum atomic E-state index is 9.01. The Labute approximate surface area is 109 Å². The van der Waals surface area contributed by atoms with Gasteiger partial charge in [-0.3, -0.25) is 0 Å². The molecule has 0 saturated heterocycles. The average Bonchev–Trinajstić information content (AvgIpc) is 2.59. The molecular weight excluding hydrogens is 280 g/mol. The van der Waals surface area contributed by atoms with Gasteiger partial charge >= 0.3 is 0 Å². The highest BCUT2D eigenvalue weighted by Gasteiger charge is 2.14. The number of aromatic nitrogens is 2. The number of imidazole rings is 1. The minimum Gasteiger partial charge on any atom is -0.396 e. The fourth-order valence-corrected chi connectivity index (χ4v) is 2.34. The zero-order valence-corrected chi connectivity index (χ0v) is 11.5. The number of halogens is 1. The summed E-state index contributed by atoms with van der Waals surface area (Å²) in [7, 11) is 1.98. The van der Waals surface area contributed by atoms with Gasteiger partial charge in [0.1, 0.15) is 5.82 Å². The molecule has 0 bridgehead atoms. The summed E-state index contributed by atoms with van der Waals surface area (Å²) in [6.45, 7) is 2.17. The third-order valence-corrected chi connectivity index (χ3v) is 3.63. The number of hydrogen-bond acceptors (Lipinski definition) is 2. The molecule has 1 aromatic carbocycles. The van der Waals surface area contributed by atoms with E-state index in [0.717, 1.165) is 27.2 Å². The van der Waals surface area contributed by atoms with Crippen molar-refractivity contribution in [2.75, 3.05) is 6.61 Å². The summed E-state index contributed by atoms with van der Waals surface area (Å²) in [5.41, 5.74) is 3.17. The summed E-state index contributed by atoms with van der Waals surface area (Å²) < 4.78 is 3.07. The van der Waals surface area contributed by atoms with E-state index in [1.54, 1.807) is 0 Å². The molecule has 0 unspecified atom stereocenters. The Kier molecular flexibility index (Phi) is 3.64. The van der Waals surface area contributed by atoms with Crippen LogP contribution in [-0.2, 0) is 13.5 Å². The fraction of sp³-hybridized carbons (Fsp3) is 0.308. The topological polar surface area (TPSA) is 38.1 Å². The second kappa shape index (κ2) is 5.02. The summed E-state index contributed by atoms with van der Waals surface area (Å²) in [5.74, 6) is 0.913. The van der Waals surface area contributed by atoms with E-state index in [-0.39, 0.29) is 6.61 Å². The lowest BCUT2D eigenvalue weighted by Crippen LogP contribution is -2.01. The Balaban J connectivity index is 2.53. The van der Waals surface area contributed by atoms with E-state index in [1.807, 2.05) is 42.8 Å². The molecule has 0 amide bonds. The highest BCUT2D eigenvalue weighted by molar-refractivity contribution is 9.10. The summed E-state index contributed by atoms with van der Waals surface area (Å²) in [5, 5.41) is 9.01. The summed E-state index contributed by atoms with van der Waals surface area (Å²) >= 11 is 3.54. The molecule has 1 N–H and O–H groups in total. The molecule has 0 aliphatic rings. The molecule has 0 atom stereocenters. The molecule has 3 nitrogen and oxygen atoms in total. The van der Waals surface area contributed by atoms with Crippen LogP contribution in [0.25, 0.3) is 11.3 Å². The van der Waals surface area contributed by atoms with E-state index in [1.165, 1.54) is 0 Å². The molecule has 1 heterocycles. The number of hydrogen-bond donors (Lipinski definition) is 1. The van der Waals surface area contributed by atoms with Crippen LogP contribution in [0.3, 0.4) is 0 Å². The van der Waals surface area contributed by atoms with E-state index < -0.39 is 0 Å². The normalized spacial score (nSPS) is 10.8. The second-order valence-corrected chi connectivity index (χ2v) is 4.83. The van der Waals surface area contributed by atoms with Crippen LogP contribution in [-0.4, -0.2) is 21.3 Å². The first-order valence-electron chi connectivity index (χ1n) is 5.53. The fourth-order valence-electron chi connectivity index (χ4n) is 1.87. The Morgan fingerprint density at radius 1 is 1.35 bits per heavy atom. The lowest BCUT2D eigenvalue weighted by atomic mass is 10.1. The minimum atomic E-state index is 0.125. The van der Waals surface area contributed by atoms with E-state index >= 15 is 0 Å². The predicted molar refractivity (Wildman–Crippen MR) is 71.9 cm³/mol. The first-order valence-corrected chi connectivity index (χ1v) is 6.32. The first-order chi connectivity index (χ1) is 8.15. The molecule has 2 aromatic rings. The van der Waals surface area contributed by atoms with Crippen molar-refractivity contribution in [1.82, 2.24) is 9.55 Å². The Hall–Kier alpha value is -1.13. The van der Waals surface area contributed by atoms with Crippen molar-refractivity contribution in [3.05, 3.63) is 40.3 Å². The maximum Gasteiger partial charge on any atom is 0.111 e. The van der Waals surface area contributed by atoms with Gasteiger partial charge in [0.05, 0.1) is 12.3 Å². The number of aliphatic hydroxyl groups is 1. The molecule has 0 saturated carbocycles. The van der Waals surface area contributed by atoms with Crippen molar-refractivity contribution in [3.8, 4) is 11.3 Å². The average molecular weight is 295 g/mol. The van der Waals surface area contributed by atoms with Crippen molar-refractivity contribution in [2.45, 2.75) is 13.3 Å². The number of benzene rings is 1. The van der Waals surface area contributed by atoms with Gasteiger partial charge in [0.25, 0.3) is 0 Å². The van der Waals surface area contributed by atoms with Crippen LogP contribution in [0.4, 0.5) is 0 Å². The van der Waals surface area contributed by atoms with E-state index in [4.69, 9.17) is 5.11 Å². The molecule has 17 heavy (non-hydrogen) atoms. The molecule has 90 valence electrons. The van der Waals surface area contributed by atoms with Crippen molar-refractivity contribution >= 4 is 15.9 Å². The molecule has 0 aliphatic heterocycles. The van der Waals surface area contributed by atoms with Gasteiger partial charge in [0.2, 0.25) is 0 Å². The first kappa shape index (κ1) is 12.3. The SMILES string of the molecule is Cc1c(-c2ccccc2Br)nc(CCO)n1C. The molecule has 2 rings (SSSR count). The quantitative estimate of drug-likeness (QED) is 0.945. The standard InChI is InChI=1S/C13H15BrN2O/c1-9-13(10-5-3-4-6-11(10)14)15-12(7-8-17)16(9)2/h3-6,17H,7-8H2,1-2H3. The van der Waals surface area contributed by atoms with Crippen LogP contribution in [0, 0.1) is 6.92 Å². The van der Waals surface area contributed by atoms with Gasteiger partial charge in [0.15, 0.2) is 0 Å². The third-order valence-electron chi connectivity index (χ3n) is 2.94. The van der Waals surface area contributed by atoms with Gasteiger partial charge in [-0.1, -0.05) is 34.1 Å². The monoisotopic (exact) mass is 294 g/mol. The smallest absolute Gasteiger partial charge is 0.111 e. The van der Waals surface area contributed by atoms with Crippen molar-refractivity contribution < 1.29 is 5.11 Å². The number of aliphatic hydroxyl groups excluding tert-OH is 1.